The van der Waals surface area contributed by atoms with E-state index in [-0.39, 0.29) is 17.8 Å². The van der Waals surface area contributed by atoms with Gasteiger partial charge in [-0.2, -0.15) is 0 Å². The second kappa shape index (κ2) is 5.72. The van der Waals surface area contributed by atoms with Crippen molar-refractivity contribution in [3.63, 3.8) is 0 Å². The molecular formula is C14H17ClO3. The van der Waals surface area contributed by atoms with Crippen LogP contribution in [0.2, 0.25) is 5.02 Å². The lowest BCUT2D eigenvalue weighted by atomic mass is 9.90. The van der Waals surface area contributed by atoms with Crippen LogP contribution in [0.3, 0.4) is 0 Å². The standard InChI is InChI=1S/C14H17ClO3/c1-3-12-10(6-7-18-12)14(16)9-4-5-13(17-2)11(15)8-9/h4-5,8,10,12H,3,6-7H2,1-2H3. The highest BCUT2D eigenvalue weighted by molar-refractivity contribution is 6.32. The molecule has 0 aliphatic carbocycles. The molecule has 0 aromatic heterocycles. The van der Waals surface area contributed by atoms with Gasteiger partial charge in [0.15, 0.2) is 5.78 Å². The Balaban J connectivity index is 2.21. The minimum atomic E-state index is -0.0422. The summed E-state index contributed by atoms with van der Waals surface area (Å²) in [6, 6.07) is 5.16. The van der Waals surface area contributed by atoms with E-state index in [1.807, 2.05) is 6.92 Å². The average molecular weight is 269 g/mol. The maximum absolute atomic E-state index is 12.4. The first-order chi connectivity index (χ1) is 8.67. The van der Waals surface area contributed by atoms with Crippen molar-refractivity contribution in [3.05, 3.63) is 28.8 Å². The zero-order valence-electron chi connectivity index (χ0n) is 10.6. The summed E-state index contributed by atoms with van der Waals surface area (Å²) in [5.41, 5.74) is 0.634. The van der Waals surface area contributed by atoms with E-state index < -0.39 is 0 Å². The first-order valence-electron chi connectivity index (χ1n) is 6.16. The van der Waals surface area contributed by atoms with Crippen molar-refractivity contribution in [1.29, 1.82) is 0 Å². The second-order valence-corrected chi connectivity index (χ2v) is 4.83. The first kappa shape index (κ1) is 13.4. The van der Waals surface area contributed by atoms with Crippen LogP contribution in [0.4, 0.5) is 0 Å². The molecule has 18 heavy (non-hydrogen) atoms. The maximum Gasteiger partial charge on any atom is 0.168 e. The first-order valence-corrected chi connectivity index (χ1v) is 6.54. The Morgan fingerprint density at radius 3 is 2.94 bits per heavy atom. The fourth-order valence-corrected chi connectivity index (χ4v) is 2.64. The zero-order valence-corrected chi connectivity index (χ0v) is 11.4. The number of carbonyl (C=O) groups is 1. The third-order valence-corrected chi connectivity index (χ3v) is 3.68. The number of methoxy groups -OCH3 is 1. The molecule has 2 rings (SSSR count). The molecule has 0 radical (unpaired) electrons. The van der Waals surface area contributed by atoms with Gasteiger partial charge in [0, 0.05) is 12.2 Å². The number of ether oxygens (including phenoxy) is 2. The normalized spacial score (nSPS) is 23.1. The number of hydrogen-bond acceptors (Lipinski definition) is 3. The molecule has 1 saturated heterocycles. The molecule has 2 atom stereocenters. The van der Waals surface area contributed by atoms with Gasteiger partial charge >= 0.3 is 0 Å². The van der Waals surface area contributed by atoms with E-state index in [1.54, 1.807) is 25.3 Å². The smallest absolute Gasteiger partial charge is 0.168 e. The third-order valence-electron chi connectivity index (χ3n) is 3.39. The van der Waals surface area contributed by atoms with Gasteiger partial charge in [0.25, 0.3) is 0 Å². The highest BCUT2D eigenvalue weighted by Gasteiger charge is 2.33. The average Bonchev–Trinajstić information content (AvgIpc) is 2.86. The van der Waals surface area contributed by atoms with Crippen LogP contribution in [0.1, 0.15) is 30.1 Å². The summed E-state index contributed by atoms with van der Waals surface area (Å²) >= 11 is 6.04. The molecule has 0 amide bonds. The Bertz CT molecular complexity index is 445. The Labute approximate surface area is 112 Å². The van der Waals surface area contributed by atoms with Crippen LogP contribution in [0.5, 0.6) is 5.75 Å². The lowest BCUT2D eigenvalue weighted by molar-refractivity contribution is 0.0689. The summed E-state index contributed by atoms with van der Waals surface area (Å²) in [5.74, 6) is 0.659. The van der Waals surface area contributed by atoms with Crippen LogP contribution >= 0.6 is 11.6 Å². The van der Waals surface area contributed by atoms with Crippen LogP contribution in [0.15, 0.2) is 18.2 Å². The molecule has 0 saturated carbocycles. The van der Waals surface area contributed by atoms with E-state index in [0.717, 1.165) is 12.8 Å². The van der Waals surface area contributed by atoms with Crippen molar-refractivity contribution in [2.24, 2.45) is 5.92 Å². The van der Waals surface area contributed by atoms with Crippen LogP contribution in [0.25, 0.3) is 0 Å². The van der Waals surface area contributed by atoms with Gasteiger partial charge in [-0.05, 0) is 31.0 Å². The lowest BCUT2D eigenvalue weighted by Crippen LogP contribution is -2.23. The maximum atomic E-state index is 12.4. The Hall–Kier alpha value is -1.06. The van der Waals surface area contributed by atoms with E-state index in [0.29, 0.717) is 22.9 Å². The van der Waals surface area contributed by atoms with Crippen LogP contribution in [-0.4, -0.2) is 25.6 Å². The van der Waals surface area contributed by atoms with Gasteiger partial charge < -0.3 is 9.47 Å². The summed E-state index contributed by atoms with van der Waals surface area (Å²) in [5, 5.41) is 0.468. The van der Waals surface area contributed by atoms with Gasteiger partial charge in [-0.3, -0.25) is 4.79 Å². The molecule has 1 aliphatic heterocycles. The number of Topliss-reactive ketones (excluding diaryl/α,β-unsaturated/α-hetero) is 1. The predicted molar refractivity (Wildman–Crippen MR) is 70.5 cm³/mol. The summed E-state index contributed by atoms with van der Waals surface area (Å²) in [4.78, 5) is 12.4. The van der Waals surface area contributed by atoms with Crippen LogP contribution < -0.4 is 4.74 Å². The van der Waals surface area contributed by atoms with Crippen molar-refractivity contribution >= 4 is 17.4 Å². The monoisotopic (exact) mass is 268 g/mol. The molecule has 0 spiro atoms. The zero-order chi connectivity index (χ0) is 13.1. The van der Waals surface area contributed by atoms with E-state index in [4.69, 9.17) is 21.1 Å². The van der Waals surface area contributed by atoms with E-state index in [2.05, 4.69) is 0 Å². The van der Waals surface area contributed by atoms with Crippen molar-refractivity contribution in [1.82, 2.24) is 0 Å². The van der Waals surface area contributed by atoms with Crippen LogP contribution in [0, 0.1) is 5.92 Å². The van der Waals surface area contributed by atoms with Gasteiger partial charge in [-0.1, -0.05) is 18.5 Å². The highest BCUT2D eigenvalue weighted by Crippen LogP contribution is 2.30. The summed E-state index contributed by atoms with van der Waals surface area (Å²) in [6.45, 7) is 2.70. The molecule has 0 N–H and O–H groups in total. The molecule has 1 aliphatic rings. The van der Waals surface area contributed by atoms with Crippen molar-refractivity contribution in [2.45, 2.75) is 25.9 Å². The Kier molecular flexibility index (Phi) is 4.25. The fraction of sp³-hybridized carbons (Fsp3) is 0.500. The van der Waals surface area contributed by atoms with Gasteiger partial charge in [0.1, 0.15) is 5.75 Å². The van der Waals surface area contributed by atoms with Gasteiger partial charge in [0.05, 0.1) is 24.2 Å². The third kappa shape index (κ3) is 2.52. The molecule has 1 fully saturated rings. The fourth-order valence-electron chi connectivity index (χ4n) is 2.38. The number of hydrogen-bond donors (Lipinski definition) is 0. The van der Waals surface area contributed by atoms with Crippen molar-refractivity contribution in [3.8, 4) is 5.75 Å². The molecule has 1 heterocycles. The van der Waals surface area contributed by atoms with E-state index >= 15 is 0 Å². The minimum absolute atomic E-state index is 0.0402. The molecule has 4 heteroatoms. The number of ketones is 1. The molecule has 3 nitrogen and oxygen atoms in total. The van der Waals surface area contributed by atoms with E-state index in [9.17, 15) is 4.79 Å². The lowest BCUT2D eigenvalue weighted by Gasteiger charge is -2.16. The molecule has 1 aromatic carbocycles. The Morgan fingerprint density at radius 1 is 1.56 bits per heavy atom. The van der Waals surface area contributed by atoms with Crippen molar-refractivity contribution < 1.29 is 14.3 Å². The summed E-state index contributed by atoms with van der Waals surface area (Å²) in [7, 11) is 1.56. The number of benzene rings is 1. The summed E-state index contributed by atoms with van der Waals surface area (Å²) in [6.07, 6.45) is 1.69. The SMILES string of the molecule is CCC1OCCC1C(=O)c1ccc(OC)c(Cl)c1. The number of halogens is 1. The highest BCUT2D eigenvalue weighted by atomic mass is 35.5. The van der Waals surface area contributed by atoms with Gasteiger partial charge in [-0.25, -0.2) is 0 Å². The quantitative estimate of drug-likeness (QED) is 0.786. The molecule has 1 aromatic rings. The second-order valence-electron chi connectivity index (χ2n) is 4.43. The predicted octanol–water partition coefficient (Wildman–Crippen LogP) is 3.35. The van der Waals surface area contributed by atoms with Gasteiger partial charge in [-0.15, -0.1) is 0 Å². The van der Waals surface area contributed by atoms with Crippen molar-refractivity contribution in [2.75, 3.05) is 13.7 Å². The molecule has 0 bridgehead atoms. The van der Waals surface area contributed by atoms with Gasteiger partial charge in [0.2, 0.25) is 0 Å². The topological polar surface area (TPSA) is 35.5 Å². The number of carbonyl (C=O) groups excluding carboxylic acids is 1. The largest absolute Gasteiger partial charge is 0.495 e. The molecule has 2 unspecified atom stereocenters. The summed E-state index contributed by atoms with van der Waals surface area (Å²) < 4.78 is 10.6. The van der Waals surface area contributed by atoms with Crippen LogP contribution in [-0.2, 0) is 4.74 Å². The number of rotatable bonds is 4. The Morgan fingerprint density at radius 2 is 2.33 bits per heavy atom. The molecular weight excluding hydrogens is 252 g/mol. The van der Waals surface area contributed by atoms with E-state index in [1.165, 1.54) is 0 Å². The molecule has 98 valence electrons. The minimum Gasteiger partial charge on any atom is -0.495 e.